The fourth-order valence-electron chi connectivity index (χ4n) is 4.46. The molecule has 5 heterocycles. The molecule has 2 aromatic rings. The zero-order chi connectivity index (χ0) is 17.5. The van der Waals surface area contributed by atoms with Gasteiger partial charge in [0.25, 0.3) is 5.91 Å². The van der Waals surface area contributed by atoms with Gasteiger partial charge in [0, 0.05) is 37.6 Å². The molecule has 0 radical (unpaired) electrons. The number of hydrogen-bond donors (Lipinski definition) is 1. The molecular weight excluding hydrogens is 328 g/mol. The number of amides is 1. The molecule has 4 aliphatic rings. The Labute approximate surface area is 152 Å². The van der Waals surface area contributed by atoms with Crippen LogP contribution in [0.5, 0.6) is 0 Å². The Morgan fingerprint density at radius 3 is 2.88 bits per heavy atom. The summed E-state index contributed by atoms with van der Waals surface area (Å²) in [5.41, 5.74) is 3.95. The quantitative estimate of drug-likeness (QED) is 0.901. The van der Waals surface area contributed by atoms with Crippen LogP contribution in [0, 0.1) is 0 Å². The molecule has 2 bridgehead atoms. The second-order valence-corrected chi connectivity index (χ2v) is 7.46. The van der Waals surface area contributed by atoms with Gasteiger partial charge in [0.15, 0.2) is 5.69 Å². The Morgan fingerprint density at radius 1 is 1.19 bits per heavy atom. The normalized spacial score (nSPS) is 26.0. The van der Waals surface area contributed by atoms with Crippen molar-refractivity contribution in [1.29, 1.82) is 0 Å². The smallest absolute Gasteiger partial charge is 0.275 e. The van der Waals surface area contributed by atoms with Gasteiger partial charge in [0.05, 0.1) is 18.7 Å². The van der Waals surface area contributed by atoms with Crippen LogP contribution in [0.25, 0.3) is 16.5 Å². The van der Waals surface area contributed by atoms with E-state index < -0.39 is 0 Å². The predicted molar refractivity (Wildman–Crippen MR) is 100 cm³/mol. The lowest BCUT2D eigenvalue weighted by Gasteiger charge is -2.31. The number of carbonyl (C=O) groups excluding carboxylic acids is 1. The van der Waals surface area contributed by atoms with Crippen molar-refractivity contribution in [2.24, 2.45) is 0 Å². The van der Waals surface area contributed by atoms with Crippen molar-refractivity contribution in [3.8, 4) is 0 Å². The number of nitrogens with one attached hydrogen (secondary N) is 1. The molecule has 6 heteroatoms. The first kappa shape index (κ1) is 16.0. The van der Waals surface area contributed by atoms with Crippen LogP contribution >= 0.6 is 0 Å². The lowest BCUT2D eigenvalue weighted by molar-refractivity contribution is 0.0681. The summed E-state index contributed by atoms with van der Waals surface area (Å²) in [6, 6.07) is 6.61. The molecule has 4 aliphatic heterocycles. The molecule has 0 spiro atoms. The summed E-state index contributed by atoms with van der Waals surface area (Å²) in [6.45, 7) is 5.42. The lowest BCUT2D eigenvalue weighted by atomic mass is 9.99. The first-order chi connectivity index (χ1) is 12.8. The van der Waals surface area contributed by atoms with Crippen LogP contribution in [0.2, 0.25) is 0 Å². The molecule has 1 aromatic carbocycles. The van der Waals surface area contributed by atoms with Crippen molar-refractivity contribution in [2.75, 3.05) is 39.4 Å². The molecule has 1 N–H and O–H groups in total. The zero-order valence-corrected chi connectivity index (χ0v) is 14.9. The number of rotatable bonds is 2. The van der Waals surface area contributed by atoms with E-state index >= 15 is 0 Å². The van der Waals surface area contributed by atoms with Gasteiger partial charge in [0.2, 0.25) is 0 Å². The minimum Gasteiger partial charge on any atom is -0.377 e. The highest BCUT2D eigenvalue weighted by molar-refractivity contribution is 6.05. The third-order valence-electron chi connectivity index (χ3n) is 6.02. The molecular formula is C20H24N4O2. The summed E-state index contributed by atoms with van der Waals surface area (Å²) >= 11 is 0. The summed E-state index contributed by atoms with van der Waals surface area (Å²) in [5.74, 6) is 0.0723. The number of piperidine rings is 1. The molecule has 0 atom stereocenters. The van der Waals surface area contributed by atoms with Crippen molar-refractivity contribution >= 4 is 22.4 Å². The Morgan fingerprint density at radius 2 is 2.08 bits per heavy atom. The fraction of sp³-hybridized carbons (Fsp3) is 0.500. The van der Waals surface area contributed by atoms with Crippen LogP contribution in [-0.4, -0.2) is 71.3 Å². The number of aromatic nitrogens is 2. The van der Waals surface area contributed by atoms with Crippen LogP contribution in [0.3, 0.4) is 0 Å². The summed E-state index contributed by atoms with van der Waals surface area (Å²) in [7, 11) is 0. The molecule has 1 aromatic heterocycles. The van der Waals surface area contributed by atoms with Gasteiger partial charge in [-0.2, -0.15) is 5.10 Å². The summed E-state index contributed by atoms with van der Waals surface area (Å²) in [6.07, 6.45) is 5.20. The van der Waals surface area contributed by atoms with Gasteiger partial charge in [-0.05, 0) is 42.5 Å². The molecule has 3 saturated heterocycles. The largest absolute Gasteiger partial charge is 0.377 e. The minimum absolute atomic E-state index is 0.0723. The number of hydrogen-bond acceptors (Lipinski definition) is 4. The number of benzene rings is 1. The van der Waals surface area contributed by atoms with E-state index in [1.165, 1.54) is 11.1 Å². The Kier molecular flexibility index (Phi) is 4.02. The first-order valence-corrected chi connectivity index (χ1v) is 9.58. The average molecular weight is 352 g/mol. The summed E-state index contributed by atoms with van der Waals surface area (Å²) in [4.78, 5) is 17.8. The van der Waals surface area contributed by atoms with Crippen LogP contribution < -0.4 is 0 Å². The van der Waals surface area contributed by atoms with E-state index in [0.29, 0.717) is 18.3 Å². The fourth-order valence-corrected chi connectivity index (χ4v) is 4.46. The molecule has 136 valence electrons. The molecule has 3 fully saturated rings. The number of ether oxygens (including phenoxy) is 1. The summed E-state index contributed by atoms with van der Waals surface area (Å²) in [5, 5.41) is 8.37. The van der Waals surface area contributed by atoms with Crippen LogP contribution in [0.15, 0.2) is 24.3 Å². The van der Waals surface area contributed by atoms with Gasteiger partial charge < -0.3 is 14.5 Å². The highest BCUT2D eigenvalue weighted by Gasteiger charge is 2.33. The second kappa shape index (κ2) is 6.52. The summed E-state index contributed by atoms with van der Waals surface area (Å²) < 4.78 is 5.42. The van der Waals surface area contributed by atoms with E-state index in [9.17, 15) is 4.79 Å². The Hall–Kier alpha value is -2.18. The van der Waals surface area contributed by atoms with Gasteiger partial charge in [-0.25, -0.2) is 0 Å². The molecule has 6 nitrogen and oxygen atoms in total. The highest BCUT2D eigenvalue weighted by atomic mass is 16.5. The first-order valence-electron chi connectivity index (χ1n) is 9.58. The van der Waals surface area contributed by atoms with E-state index in [2.05, 4.69) is 38.2 Å². The van der Waals surface area contributed by atoms with Gasteiger partial charge in [-0.3, -0.25) is 9.89 Å². The van der Waals surface area contributed by atoms with E-state index in [4.69, 9.17) is 4.74 Å². The topological polar surface area (TPSA) is 61.5 Å². The molecule has 1 amide bonds. The van der Waals surface area contributed by atoms with Crippen molar-refractivity contribution in [2.45, 2.75) is 25.3 Å². The maximum absolute atomic E-state index is 13.3. The molecule has 26 heavy (non-hydrogen) atoms. The number of fused-ring (bicyclic) bond motifs is 5. The molecule has 6 rings (SSSR count). The molecule has 0 aliphatic carbocycles. The third kappa shape index (κ3) is 2.73. The second-order valence-electron chi connectivity index (χ2n) is 7.46. The number of nitrogens with zero attached hydrogens (tertiary/aromatic N) is 3. The van der Waals surface area contributed by atoms with Crippen molar-refractivity contribution < 1.29 is 9.53 Å². The van der Waals surface area contributed by atoms with E-state index in [1.54, 1.807) is 0 Å². The zero-order valence-electron chi connectivity index (χ0n) is 14.9. The minimum atomic E-state index is 0.0723. The maximum Gasteiger partial charge on any atom is 0.275 e. The standard InChI is InChI=1S/C20H24N4O2/c25-20(24-10-9-23-7-3-16(24)4-8-23)19-17-13-15(1-2-18(17)21-22-19)14-5-11-26-12-6-14/h1-2,5,13,16H,3-4,6-12H2,(H,21,22). The van der Waals surface area contributed by atoms with Crippen molar-refractivity contribution in [3.05, 3.63) is 35.5 Å². The van der Waals surface area contributed by atoms with E-state index in [-0.39, 0.29) is 5.91 Å². The number of carbonyl (C=O) groups is 1. The van der Waals surface area contributed by atoms with E-state index in [1.807, 2.05) is 6.07 Å². The highest BCUT2D eigenvalue weighted by Crippen LogP contribution is 2.28. The monoisotopic (exact) mass is 352 g/mol. The predicted octanol–water partition coefficient (Wildman–Crippen LogP) is 2.29. The Bertz CT molecular complexity index is 864. The lowest BCUT2D eigenvalue weighted by Crippen LogP contribution is -2.41. The van der Waals surface area contributed by atoms with Gasteiger partial charge in [-0.1, -0.05) is 12.1 Å². The van der Waals surface area contributed by atoms with Crippen LogP contribution in [0.1, 0.15) is 35.3 Å². The molecule has 0 saturated carbocycles. The molecule has 0 unspecified atom stereocenters. The number of aromatic amines is 1. The average Bonchev–Trinajstić information content (AvgIpc) is 2.88. The van der Waals surface area contributed by atoms with Gasteiger partial charge in [-0.15, -0.1) is 0 Å². The maximum atomic E-state index is 13.3. The van der Waals surface area contributed by atoms with Crippen LogP contribution in [0.4, 0.5) is 0 Å². The number of H-pyrrole nitrogens is 1. The van der Waals surface area contributed by atoms with E-state index in [0.717, 1.165) is 63.0 Å². The van der Waals surface area contributed by atoms with Crippen molar-refractivity contribution in [1.82, 2.24) is 20.0 Å². The van der Waals surface area contributed by atoms with Gasteiger partial charge >= 0.3 is 0 Å². The third-order valence-corrected chi connectivity index (χ3v) is 6.02. The Balaban J connectivity index is 1.50. The SMILES string of the molecule is O=C(c1n[nH]c2ccc(C3=CCOCC3)cc12)N1CCN2CCC1CC2. The van der Waals surface area contributed by atoms with Crippen LogP contribution in [-0.2, 0) is 4.74 Å². The van der Waals surface area contributed by atoms with Crippen molar-refractivity contribution in [3.63, 3.8) is 0 Å². The van der Waals surface area contributed by atoms with Gasteiger partial charge in [0.1, 0.15) is 0 Å².